The molecule has 2 rings (SSSR count). The van der Waals surface area contributed by atoms with Gasteiger partial charge in [0.1, 0.15) is 5.56 Å². The van der Waals surface area contributed by atoms with Crippen LogP contribution in [0.5, 0.6) is 0 Å². The van der Waals surface area contributed by atoms with Gasteiger partial charge in [-0.2, -0.15) is 10.4 Å². The quantitative estimate of drug-likeness (QED) is 0.869. The molecule has 1 aromatic carbocycles. The van der Waals surface area contributed by atoms with Crippen molar-refractivity contribution >= 4 is 17.4 Å². The predicted molar refractivity (Wildman–Crippen MR) is 75.4 cm³/mol. The number of para-hydroxylation sites is 1. The van der Waals surface area contributed by atoms with E-state index in [1.54, 1.807) is 10.9 Å². The van der Waals surface area contributed by atoms with Gasteiger partial charge in [0.15, 0.2) is 5.82 Å². The standard InChI is InChI=1S/C14H15N5O/c1-10(7-8-15)19-9-12(13(16)20)14(18-19)17-11-5-3-2-4-6-11/h2-6,9-10H,7H2,1H3,(H2,16,20)(H,17,18). The average Bonchev–Trinajstić information content (AvgIpc) is 2.84. The Morgan fingerprint density at radius 2 is 2.20 bits per heavy atom. The summed E-state index contributed by atoms with van der Waals surface area (Å²) in [5.74, 6) is -0.160. The largest absolute Gasteiger partial charge is 0.365 e. The summed E-state index contributed by atoms with van der Waals surface area (Å²) < 4.78 is 1.58. The van der Waals surface area contributed by atoms with Crippen molar-refractivity contribution in [2.75, 3.05) is 5.32 Å². The number of aromatic nitrogens is 2. The number of carbonyl (C=O) groups excluding carboxylic acids is 1. The van der Waals surface area contributed by atoms with E-state index < -0.39 is 5.91 Å². The number of nitrogens with zero attached hydrogens (tertiary/aromatic N) is 3. The Morgan fingerprint density at radius 1 is 1.50 bits per heavy atom. The van der Waals surface area contributed by atoms with Crippen molar-refractivity contribution in [2.45, 2.75) is 19.4 Å². The van der Waals surface area contributed by atoms with Crippen molar-refractivity contribution in [1.82, 2.24) is 9.78 Å². The highest BCUT2D eigenvalue weighted by Gasteiger charge is 2.16. The van der Waals surface area contributed by atoms with E-state index in [2.05, 4.69) is 16.5 Å². The summed E-state index contributed by atoms with van der Waals surface area (Å²) in [5.41, 5.74) is 6.48. The third kappa shape index (κ3) is 2.95. The van der Waals surface area contributed by atoms with Gasteiger partial charge in [-0.3, -0.25) is 9.48 Å². The predicted octanol–water partition coefficient (Wildman–Crippen LogP) is 2.20. The van der Waals surface area contributed by atoms with Gasteiger partial charge in [-0.05, 0) is 19.1 Å². The first-order valence-electron chi connectivity index (χ1n) is 6.19. The van der Waals surface area contributed by atoms with Crippen LogP contribution in [0, 0.1) is 11.3 Å². The van der Waals surface area contributed by atoms with Crippen LogP contribution in [0.3, 0.4) is 0 Å². The Morgan fingerprint density at radius 3 is 2.80 bits per heavy atom. The number of amides is 1. The SMILES string of the molecule is CC(CC#N)n1cc(C(N)=O)c(Nc2ccccc2)n1. The normalized spacial score (nSPS) is 11.6. The minimum atomic E-state index is -0.557. The summed E-state index contributed by atoms with van der Waals surface area (Å²) in [6, 6.07) is 11.3. The van der Waals surface area contributed by atoms with Crippen LogP contribution >= 0.6 is 0 Å². The molecular formula is C14H15N5O. The lowest BCUT2D eigenvalue weighted by molar-refractivity contribution is 0.100. The Balaban J connectivity index is 2.32. The van der Waals surface area contributed by atoms with Gasteiger partial charge in [0, 0.05) is 11.9 Å². The molecule has 6 heteroatoms. The van der Waals surface area contributed by atoms with E-state index in [1.165, 1.54) is 0 Å². The van der Waals surface area contributed by atoms with Gasteiger partial charge in [-0.25, -0.2) is 0 Å². The number of nitrogens with two attached hydrogens (primary N) is 1. The maximum atomic E-state index is 11.5. The van der Waals surface area contributed by atoms with Crippen LogP contribution in [-0.4, -0.2) is 15.7 Å². The molecule has 0 aliphatic rings. The Hall–Kier alpha value is -2.81. The van der Waals surface area contributed by atoms with E-state index >= 15 is 0 Å². The summed E-state index contributed by atoms with van der Waals surface area (Å²) in [7, 11) is 0. The number of rotatable bonds is 5. The van der Waals surface area contributed by atoms with Gasteiger partial charge in [0.2, 0.25) is 0 Å². The number of hydrogen-bond acceptors (Lipinski definition) is 4. The highest BCUT2D eigenvalue weighted by Crippen LogP contribution is 2.21. The second-order valence-corrected chi connectivity index (χ2v) is 4.44. The van der Waals surface area contributed by atoms with Crippen LogP contribution in [0.2, 0.25) is 0 Å². The number of carbonyl (C=O) groups is 1. The van der Waals surface area contributed by atoms with Gasteiger partial charge in [0.05, 0.1) is 18.5 Å². The zero-order chi connectivity index (χ0) is 14.5. The minimum absolute atomic E-state index is 0.121. The zero-order valence-corrected chi connectivity index (χ0v) is 11.1. The van der Waals surface area contributed by atoms with Gasteiger partial charge in [-0.15, -0.1) is 0 Å². The number of hydrogen-bond donors (Lipinski definition) is 2. The highest BCUT2D eigenvalue weighted by molar-refractivity contribution is 5.98. The van der Waals surface area contributed by atoms with Crippen molar-refractivity contribution in [2.24, 2.45) is 5.73 Å². The summed E-state index contributed by atoms with van der Waals surface area (Å²) >= 11 is 0. The molecule has 0 radical (unpaired) electrons. The van der Waals surface area contributed by atoms with E-state index in [4.69, 9.17) is 11.0 Å². The topological polar surface area (TPSA) is 96.7 Å². The van der Waals surface area contributed by atoms with Crippen molar-refractivity contribution in [3.05, 3.63) is 42.1 Å². The Labute approximate surface area is 116 Å². The molecule has 0 saturated carbocycles. The van der Waals surface area contributed by atoms with Crippen molar-refractivity contribution < 1.29 is 4.79 Å². The lowest BCUT2D eigenvalue weighted by atomic mass is 10.2. The zero-order valence-electron chi connectivity index (χ0n) is 11.1. The number of anilines is 2. The second kappa shape index (κ2) is 5.89. The third-order valence-electron chi connectivity index (χ3n) is 2.87. The fourth-order valence-electron chi connectivity index (χ4n) is 1.77. The molecule has 0 saturated heterocycles. The Kier molecular flexibility index (Phi) is 4.01. The van der Waals surface area contributed by atoms with E-state index in [1.807, 2.05) is 37.3 Å². The molecule has 3 N–H and O–H groups in total. The maximum Gasteiger partial charge on any atom is 0.254 e. The van der Waals surface area contributed by atoms with Crippen molar-refractivity contribution in [1.29, 1.82) is 5.26 Å². The number of primary amides is 1. The lowest BCUT2D eigenvalue weighted by Crippen LogP contribution is -2.12. The van der Waals surface area contributed by atoms with Crippen LogP contribution in [-0.2, 0) is 0 Å². The summed E-state index contributed by atoms with van der Waals surface area (Å²) in [6.07, 6.45) is 1.88. The molecule has 6 nitrogen and oxygen atoms in total. The molecule has 1 aromatic heterocycles. The molecule has 1 heterocycles. The van der Waals surface area contributed by atoms with Gasteiger partial charge in [-0.1, -0.05) is 18.2 Å². The molecule has 2 aromatic rings. The smallest absolute Gasteiger partial charge is 0.254 e. The monoisotopic (exact) mass is 269 g/mol. The summed E-state index contributed by atoms with van der Waals surface area (Å²) in [5, 5.41) is 16.1. The molecule has 0 aliphatic carbocycles. The molecular weight excluding hydrogens is 254 g/mol. The lowest BCUT2D eigenvalue weighted by Gasteiger charge is -2.07. The third-order valence-corrected chi connectivity index (χ3v) is 2.87. The summed E-state index contributed by atoms with van der Waals surface area (Å²) in [6.45, 7) is 1.85. The van der Waals surface area contributed by atoms with E-state index in [0.717, 1.165) is 5.69 Å². The first-order chi connectivity index (χ1) is 9.61. The molecule has 20 heavy (non-hydrogen) atoms. The molecule has 1 amide bonds. The number of nitrogens with one attached hydrogen (secondary N) is 1. The molecule has 102 valence electrons. The molecule has 0 spiro atoms. The van der Waals surface area contributed by atoms with Gasteiger partial charge < -0.3 is 11.1 Å². The minimum Gasteiger partial charge on any atom is -0.365 e. The van der Waals surface area contributed by atoms with E-state index in [-0.39, 0.29) is 6.04 Å². The van der Waals surface area contributed by atoms with Crippen LogP contribution in [0.1, 0.15) is 29.7 Å². The van der Waals surface area contributed by atoms with Gasteiger partial charge >= 0.3 is 0 Å². The average molecular weight is 269 g/mol. The van der Waals surface area contributed by atoms with Crippen molar-refractivity contribution in [3.63, 3.8) is 0 Å². The molecule has 0 bridgehead atoms. The first kappa shape index (κ1) is 13.6. The maximum absolute atomic E-state index is 11.5. The van der Waals surface area contributed by atoms with E-state index in [0.29, 0.717) is 17.8 Å². The fourth-order valence-corrected chi connectivity index (χ4v) is 1.77. The van der Waals surface area contributed by atoms with Crippen LogP contribution < -0.4 is 11.1 Å². The summed E-state index contributed by atoms with van der Waals surface area (Å²) in [4.78, 5) is 11.5. The molecule has 1 unspecified atom stereocenters. The van der Waals surface area contributed by atoms with Crippen LogP contribution in [0.15, 0.2) is 36.5 Å². The Bertz CT molecular complexity index is 641. The fraction of sp³-hybridized carbons (Fsp3) is 0.214. The van der Waals surface area contributed by atoms with E-state index in [9.17, 15) is 4.79 Å². The second-order valence-electron chi connectivity index (χ2n) is 4.44. The highest BCUT2D eigenvalue weighted by atomic mass is 16.1. The van der Waals surface area contributed by atoms with Crippen molar-refractivity contribution in [3.8, 4) is 6.07 Å². The van der Waals surface area contributed by atoms with Crippen LogP contribution in [0.25, 0.3) is 0 Å². The van der Waals surface area contributed by atoms with Gasteiger partial charge in [0.25, 0.3) is 5.91 Å². The van der Waals surface area contributed by atoms with Crippen LogP contribution in [0.4, 0.5) is 11.5 Å². The molecule has 0 aliphatic heterocycles. The first-order valence-corrected chi connectivity index (χ1v) is 6.19. The number of benzene rings is 1. The molecule has 0 fully saturated rings. The number of nitriles is 1. The molecule has 1 atom stereocenters.